The number of hydrogen-bond acceptors (Lipinski definition) is 2. The quantitative estimate of drug-likeness (QED) is 0.798. The molecule has 1 aromatic rings. The Morgan fingerprint density at radius 3 is 2.63 bits per heavy atom. The Labute approximate surface area is 113 Å². The summed E-state index contributed by atoms with van der Waals surface area (Å²) in [5.74, 6) is -1.01. The Hall–Kier alpha value is -1.42. The molecule has 0 aliphatic rings. The first-order valence-electron chi connectivity index (χ1n) is 6.62. The van der Waals surface area contributed by atoms with E-state index in [1.807, 2.05) is 13.0 Å². The van der Waals surface area contributed by atoms with Gasteiger partial charge in [0.2, 0.25) is 0 Å². The number of rotatable bonds is 7. The van der Waals surface area contributed by atoms with Gasteiger partial charge in [-0.2, -0.15) is 0 Å². The van der Waals surface area contributed by atoms with Gasteiger partial charge in [0.15, 0.2) is 0 Å². The van der Waals surface area contributed by atoms with E-state index >= 15 is 0 Å². The molecule has 0 heterocycles. The molecule has 0 saturated heterocycles. The molecule has 1 aromatic carbocycles. The summed E-state index contributed by atoms with van der Waals surface area (Å²) in [5, 5.41) is 9.03. The van der Waals surface area contributed by atoms with Gasteiger partial charge in [-0.3, -0.25) is 4.79 Å². The maximum Gasteiger partial charge on any atom is 0.323 e. The Morgan fingerprint density at radius 2 is 2.11 bits per heavy atom. The van der Waals surface area contributed by atoms with Crippen molar-refractivity contribution >= 4 is 5.97 Å². The van der Waals surface area contributed by atoms with E-state index in [2.05, 4.69) is 0 Å². The number of hydrogen-bond donors (Lipinski definition) is 2. The number of benzene rings is 1. The molecule has 0 aromatic heterocycles. The van der Waals surface area contributed by atoms with Gasteiger partial charge in [0, 0.05) is 0 Å². The van der Waals surface area contributed by atoms with Crippen LogP contribution < -0.4 is 5.73 Å². The first-order chi connectivity index (χ1) is 8.86. The summed E-state index contributed by atoms with van der Waals surface area (Å²) in [6, 6.07) is 6.68. The van der Waals surface area contributed by atoms with Gasteiger partial charge in [-0.05, 0) is 43.7 Å². The average Bonchev–Trinajstić information content (AvgIpc) is 2.35. The molecule has 106 valence electrons. The molecule has 4 heteroatoms. The summed E-state index contributed by atoms with van der Waals surface area (Å²) >= 11 is 0. The second-order valence-corrected chi connectivity index (χ2v) is 5.33. The number of aryl methyl sites for hydroxylation is 1. The van der Waals surface area contributed by atoms with Crippen LogP contribution in [0.5, 0.6) is 0 Å². The minimum absolute atomic E-state index is 0.186. The zero-order valence-electron chi connectivity index (χ0n) is 11.5. The van der Waals surface area contributed by atoms with Crippen molar-refractivity contribution in [3.05, 3.63) is 35.6 Å². The first kappa shape index (κ1) is 15.6. The highest BCUT2D eigenvalue weighted by Crippen LogP contribution is 2.23. The predicted octanol–water partition coefficient (Wildman–Crippen LogP) is 2.98. The van der Waals surface area contributed by atoms with Crippen LogP contribution in [0.25, 0.3) is 0 Å². The van der Waals surface area contributed by atoms with Crippen LogP contribution >= 0.6 is 0 Å². The van der Waals surface area contributed by atoms with E-state index in [0.29, 0.717) is 18.4 Å². The van der Waals surface area contributed by atoms with Crippen molar-refractivity contribution in [2.24, 2.45) is 11.7 Å². The molecule has 0 spiro atoms. The smallest absolute Gasteiger partial charge is 0.323 e. The zero-order valence-corrected chi connectivity index (χ0v) is 11.5. The molecule has 0 fully saturated rings. The maximum atomic E-state index is 13.5. The van der Waals surface area contributed by atoms with Crippen LogP contribution in [-0.2, 0) is 11.2 Å². The van der Waals surface area contributed by atoms with Crippen LogP contribution in [0.4, 0.5) is 4.39 Å². The molecule has 3 nitrogen and oxygen atoms in total. The highest BCUT2D eigenvalue weighted by molar-refractivity contribution is 5.77. The van der Waals surface area contributed by atoms with E-state index in [4.69, 9.17) is 10.8 Å². The first-order valence-corrected chi connectivity index (χ1v) is 6.62. The summed E-state index contributed by atoms with van der Waals surface area (Å²) < 4.78 is 13.5. The fourth-order valence-corrected chi connectivity index (χ4v) is 2.20. The van der Waals surface area contributed by atoms with E-state index in [-0.39, 0.29) is 11.7 Å². The molecule has 0 saturated carbocycles. The molecule has 1 rings (SSSR count). The van der Waals surface area contributed by atoms with E-state index in [1.54, 1.807) is 12.1 Å². The van der Waals surface area contributed by atoms with Crippen molar-refractivity contribution in [2.45, 2.75) is 45.1 Å². The number of carboxylic acid groups (broad SMARTS) is 1. The molecule has 3 N–H and O–H groups in total. The van der Waals surface area contributed by atoms with Crippen molar-refractivity contribution in [1.82, 2.24) is 0 Å². The van der Waals surface area contributed by atoms with Gasteiger partial charge < -0.3 is 10.8 Å². The van der Waals surface area contributed by atoms with Crippen LogP contribution in [0.2, 0.25) is 0 Å². The molecule has 0 aliphatic carbocycles. The van der Waals surface area contributed by atoms with Crippen LogP contribution in [-0.4, -0.2) is 16.6 Å². The molecule has 19 heavy (non-hydrogen) atoms. The highest BCUT2D eigenvalue weighted by Gasteiger charge is 2.30. The molecule has 0 aliphatic heterocycles. The molecule has 2 atom stereocenters. The fourth-order valence-electron chi connectivity index (χ4n) is 2.20. The number of carbonyl (C=O) groups is 1. The second-order valence-electron chi connectivity index (χ2n) is 5.33. The lowest BCUT2D eigenvalue weighted by atomic mass is 9.85. The number of carboxylic acids is 1. The van der Waals surface area contributed by atoms with Crippen LogP contribution in [0.3, 0.4) is 0 Å². The largest absolute Gasteiger partial charge is 0.480 e. The van der Waals surface area contributed by atoms with Crippen LogP contribution in [0.1, 0.15) is 38.7 Å². The third kappa shape index (κ3) is 4.63. The van der Waals surface area contributed by atoms with Crippen LogP contribution in [0.15, 0.2) is 24.3 Å². The van der Waals surface area contributed by atoms with Gasteiger partial charge >= 0.3 is 5.97 Å². The lowest BCUT2D eigenvalue weighted by Crippen LogP contribution is -2.46. The minimum Gasteiger partial charge on any atom is -0.480 e. The molecular weight excluding hydrogens is 245 g/mol. The molecular formula is C15H22FNO2. The van der Waals surface area contributed by atoms with E-state index in [1.165, 1.54) is 13.0 Å². The molecule has 0 bridgehead atoms. The van der Waals surface area contributed by atoms with Gasteiger partial charge in [0.25, 0.3) is 0 Å². The van der Waals surface area contributed by atoms with Crippen molar-refractivity contribution in [2.75, 3.05) is 0 Å². The molecule has 0 amide bonds. The number of halogens is 1. The third-order valence-corrected chi connectivity index (χ3v) is 3.56. The third-order valence-electron chi connectivity index (χ3n) is 3.56. The summed E-state index contributed by atoms with van der Waals surface area (Å²) in [5.41, 5.74) is 5.22. The van der Waals surface area contributed by atoms with Gasteiger partial charge in [-0.25, -0.2) is 4.39 Å². The van der Waals surface area contributed by atoms with E-state index in [0.717, 1.165) is 12.8 Å². The Kier molecular flexibility index (Phi) is 5.48. The summed E-state index contributed by atoms with van der Waals surface area (Å²) in [6.45, 7) is 3.53. The lowest BCUT2D eigenvalue weighted by Gasteiger charge is -2.25. The maximum absolute atomic E-state index is 13.5. The monoisotopic (exact) mass is 267 g/mol. The second kappa shape index (κ2) is 6.66. The Morgan fingerprint density at radius 1 is 1.47 bits per heavy atom. The zero-order chi connectivity index (χ0) is 14.5. The Balaban J connectivity index is 2.59. The predicted molar refractivity (Wildman–Crippen MR) is 73.3 cm³/mol. The van der Waals surface area contributed by atoms with Crippen molar-refractivity contribution in [3.8, 4) is 0 Å². The SMILES string of the molecule is CCC(CCc1ccccc1F)CC(C)(N)C(=O)O. The summed E-state index contributed by atoms with van der Waals surface area (Å²) in [7, 11) is 0. The normalized spacial score (nSPS) is 15.8. The fraction of sp³-hybridized carbons (Fsp3) is 0.533. The lowest BCUT2D eigenvalue weighted by molar-refractivity contribution is -0.143. The van der Waals surface area contributed by atoms with E-state index < -0.39 is 11.5 Å². The highest BCUT2D eigenvalue weighted by atomic mass is 19.1. The number of aliphatic carboxylic acids is 1. The van der Waals surface area contributed by atoms with Crippen molar-refractivity contribution in [3.63, 3.8) is 0 Å². The Bertz CT molecular complexity index is 432. The summed E-state index contributed by atoms with van der Waals surface area (Å²) in [4.78, 5) is 11.0. The van der Waals surface area contributed by atoms with Gasteiger partial charge in [-0.1, -0.05) is 31.5 Å². The molecule has 2 unspecified atom stereocenters. The van der Waals surface area contributed by atoms with E-state index in [9.17, 15) is 9.18 Å². The van der Waals surface area contributed by atoms with Crippen molar-refractivity contribution in [1.29, 1.82) is 0 Å². The van der Waals surface area contributed by atoms with Gasteiger partial charge in [0.1, 0.15) is 11.4 Å². The number of nitrogens with two attached hydrogens (primary N) is 1. The standard InChI is InChI=1S/C15H22FNO2/c1-3-11(10-15(2,17)14(18)19)8-9-12-6-4-5-7-13(12)16/h4-7,11H,3,8-10,17H2,1-2H3,(H,18,19). The summed E-state index contributed by atoms with van der Waals surface area (Å²) in [6.07, 6.45) is 2.61. The van der Waals surface area contributed by atoms with Crippen molar-refractivity contribution < 1.29 is 14.3 Å². The van der Waals surface area contributed by atoms with Crippen LogP contribution in [0, 0.1) is 11.7 Å². The minimum atomic E-state index is -1.21. The van der Waals surface area contributed by atoms with Gasteiger partial charge in [0.05, 0.1) is 0 Å². The molecule has 0 radical (unpaired) electrons. The average molecular weight is 267 g/mol. The topological polar surface area (TPSA) is 63.3 Å². The van der Waals surface area contributed by atoms with Gasteiger partial charge in [-0.15, -0.1) is 0 Å².